The average Bonchev–Trinajstić information content (AvgIpc) is 2.91. The van der Waals surface area contributed by atoms with E-state index in [2.05, 4.69) is 10.3 Å². The van der Waals surface area contributed by atoms with E-state index in [-0.39, 0.29) is 24.1 Å². The number of nitrogens with zero attached hydrogens (tertiary/aromatic N) is 2. The molecule has 3 amide bonds. The largest absolute Gasteiger partial charge is 0.322 e. The lowest BCUT2D eigenvalue weighted by molar-refractivity contribution is -0.136. The Morgan fingerprint density at radius 2 is 2.00 bits per heavy atom. The van der Waals surface area contributed by atoms with Crippen molar-refractivity contribution >= 4 is 17.7 Å². The van der Waals surface area contributed by atoms with Gasteiger partial charge in [-0.25, -0.2) is 0 Å². The molecule has 1 fully saturated rings. The maximum absolute atomic E-state index is 12.8. The van der Waals surface area contributed by atoms with Gasteiger partial charge in [0.15, 0.2) is 0 Å². The van der Waals surface area contributed by atoms with E-state index in [1.54, 1.807) is 11.1 Å². The standard InChI is InChI=1S/C19H17N3O3/c1-11-8-14-12(9-13(11)15-4-2-3-7-20-15)10-22(19(14)25)16-5-6-17(23)21-18(16)24/h2-4,7-9,16H,5-6,10H2,1H3,(H,21,23,24). The number of benzene rings is 1. The van der Waals surface area contributed by atoms with Crippen LogP contribution >= 0.6 is 0 Å². The monoisotopic (exact) mass is 335 g/mol. The number of hydrogen-bond acceptors (Lipinski definition) is 4. The first kappa shape index (κ1) is 15.5. The minimum atomic E-state index is -0.587. The maximum Gasteiger partial charge on any atom is 0.255 e. The van der Waals surface area contributed by atoms with Gasteiger partial charge in [0, 0.05) is 30.3 Å². The highest BCUT2D eigenvalue weighted by Crippen LogP contribution is 2.32. The van der Waals surface area contributed by atoms with Crippen molar-refractivity contribution < 1.29 is 14.4 Å². The molecule has 1 atom stereocenters. The molecule has 2 aromatic rings. The van der Waals surface area contributed by atoms with E-state index in [4.69, 9.17) is 0 Å². The zero-order valence-corrected chi connectivity index (χ0v) is 13.8. The second kappa shape index (κ2) is 5.81. The number of carbonyl (C=O) groups excluding carboxylic acids is 3. The second-order valence-electron chi connectivity index (χ2n) is 6.44. The van der Waals surface area contributed by atoms with E-state index in [9.17, 15) is 14.4 Å². The van der Waals surface area contributed by atoms with Crippen LogP contribution in [0.3, 0.4) is 0 Å². The van der Waals surface area contributed by atoms with Crippen molar-refractivity contribution in [1.82, 2.24) is 15.2 Å². The summed E-state index contributed by atoms with van der Waals surface area (Å²) in [7, 11) is 0. The van der Waals surface area contributed by atoms with E-state index in [0.717, 1.165) is 22.4 Å². The molecule has 126 valence electrons. The summed E-state index contributed by atoms with van der Waals surface area (Å²) in [5.74, 6) is -0.821. The first-order valence-corrected chi connectivity index (χ1v) is 8.24. The Labute approximate surface area is 144 Å². The van der Waals surface area contributed by atoms with Gasteiger partial charge in [0.2, 0.25) is 11.8 Å². The van der Waals surface area contributed by atoms with Gasteiger partial charge in [0.25, 0.3) is 5.91 Å². The van der Waals surface area contributed by atoms with Crippen molar-refractivity contribution in [2.45, 2.75) is 32.4 Å². The molecule has 1 aromatic heterocycles. The number of hydrogen-bond donors (Lipinski definition) is 1. The van der Waals surface area contributed by atoms with Crippen LogP contribution in [0.2, 0.25) is 0 Å². The summed E-state index contributed by atoms with van der Waals surface area (Å²) >= 11 is 0. The molecule has 1 unspecified atom stereocenters. The van der Waals surface area contributed by atoms with Crippen LogP contribution in [0.5, 0.6) is 0 Å². The SMILES string of the molecule is Cc1cc2c(cc1-c1ccccn1)CN(C1CCC(=O)NC1=O)C2=O. The molecule has 25 heavy (non-hydrogen) atoms. The number of nitrogens with one attached hydrogen (secondary N) is 1. The van der Waals surface area contributed by atoms with Crippen molar-refractivity contribution in [3.8, 4) is 11.3 Å². The number of imide groups is 1. The molecule has 0 radical (unpaired) electrons. The van der Waals surface area contributed by atoms with Crippen molar-refractivity contribution in [1.29, 1.82) is 0 Å². The van der Waals surface area contributed by atoms with Crippen LogP contribution < -0.4 is 5.32 Å². The van der Waals surface area contributed by atoms with Crippen LogP contribution in [0.1, 0.15) is 34.3 Å². The Bertz CT molecular complexity index is 892. The third-order valence-electron chi connectivity index (χ3n) is 4.81. The van der Waals surface area contributed by atoms with Crippen molar-refractivity contribution in [2.24, 2.45) is 0 Å². The number of carbonyl (C=O) groups is 3. The van der Waals surface area contributed by atoms with Gasteiger partial charge in [0.05, 0.1) is 5.69 Å². The molecule has 2 aliphatic rings. The van der Waals surface area contributed by atoms with Crippen LogP contribution in [0.15, 0.2) is 36.5 Å². The van der Waals surface area contributed by atoms with E-state index in [1.807, 2.05) is 37.3 Å². The third kappa shape index (κ3) is 2.59. The van der Waals surface area contributed by atoms with E-state index < -0.39 is 6.04 Å². The highest BCUT2D eigenvalue weighted by molar-refractivity contribution is 6.05. The highest BCUT2D eigenvalue weighted by Gasteiger charge is 2.39. The lowest BCUT2D eigenvalue weighted by atomic mass is 9.98. The molecule has 6 nitrogen and oxygen atoms in total. The molecule has 1 saturated heterocycles. The number of pyridine rings is 1. The normalized spacial score (nSPS) is 19.8. The Kier molecular flexibility index (Phi) is 3.60. The second-order valence-corrected chi connectivity index (χ2v) is 6.44. The van der Waals surface area contributed by atoms with Gasteiger partial charge in [-0.05, 0) is 48.7 Å². The van der Waals surface area contributed by atoms with Crippen molar-refractivity contribution in [3.05, 3.63) is 53.2 Å². The van der Waals surface area contributed by atoms with E-state index >= 15 is 0 Å². The molecule has 1 aromatic carbocycles. The number of piperidine rings is 1. The summed E-state index contributed by atoms with van der Waals surface area (Å²) in [6.07, 6.45) is 2.37. The van der Waals surface area contributed by atoms with Crippen LogP contribution in [-0.4, -0.2) is 33.6 Å². The Morgan fingerprint density at radius 1 is 1.16 bits per heavy atom. The Morgan fingerprint density at radius 3 is 2.72 bits per heavy atom. The number of aromatic nitrogens is 1. The molecule has 2 aliphatic heterocycles. The van der Waals surface area contributed by atoms with E-state index in [1.165, 1.54) is 0 Å². The molecular weight excluding hydrogens is 318 g/mol. The predicted octanol–water partition coefficient (Wildman–Crippen LogP) is 1.82. The van der Waals surface area contributed by atoms with Gasteiger partial charge >= 0.3 is 0 Å². The summed E-state index contributed by atoms with van der Waals surface area (Å²) in [6.45, 7) is 2.33. The minimum Gasteiger partial charge on any atom is -0.322 e. The molecule has 4 rings (SSSR count). The Balaban J connectivity index is 1.68. The first-order valence-electron chi connectivity index (χ1n) is 8.24. The minimum absolute atomic E-state index is 0.153. The predicted molar refractivity (Wildman–Crippen MR) is 90.5 cm³/mol. The summed E-state index contributed by atoms with van der Waals surface area (Å²) in [5, 5.41) is 2.32. The molecule has 6 heteroatoms. The van der Waals surface area contributed by atoms with Crippen LogP contribution in [0, 0.1) is 6.92 Å². The third-order valence-corrected chi connectivity index (χ3v) is 4.81. The van der Waals surface area contributed by atoms with Crippen LogP contribution in [-0.2, 0) is 16.1 Å². The molecule has 0 aliphatic carbocycles. The first-order chi connectivity index (χ1) is 12.0. The van der Waals surface area contributed by atoms with Crippen molar-refractivity contribution in [3.63, 3.8) is 0 Å². The fourth-order valence-electron chi connectivity index (χ4n) is 3.52. The summed E-state index contributed by atoms with van der Waals surface area (Å²) in [5.41, 5.74) is 4.32. The van der Waals surface area contributed by atoms with Crippen LogP contribution in [0.4, 0.5) is 0 Å². The zero-order chi connectivity index (χ0) is 17.6. The van der Waals surface area contributed by atoms with E-state index in [0.29, 0.717) is 18.5 Å². The molecule has 0 spiro atoms. The zero-order valence-electron chi connectivity index (χ0n) is 13.8. The number of fused-ring (bicyclic) bond motifs is 1. The summed E-state index contributed by atoms with van der Waals surface area (Å²) < 4.78 is 0. The van der Waals surface area contributed by atoms with Gasteiger partial charge in [-0.1, -0.05) is 6.07 Å². The Hall–Kier alpha value is -3.02. The number of aryl methyl sites for hydroxylation is 1. The number of rotatable bonds is 2. The highest BCUT2D eigenvalue weighted by atomic mass is 16.2. The summed E-state index contributed by atoms with van der Waals surface area (Å²) in [4.78, 5) is 42.2. The smallest absolute Gasteiger partial charge is 0.255 e. The lowest BCUT2D eigenvalue weighted by Gasteiger charge is -2.29. The van der Waals surface area contributed by atoms with Crippen LogP contribution in [0.25, 0.3) is 11.3 Å². The van der Waals surface area contributed by atoms with Gasteiger partial charge in [-0.2, -0.15) is 0 Å². The topological polar surface area (TPSA) is 79.4 Å². The fourth-order valence-corrected chi connectivity index (χ4v) is 3.52. The van der Waals surface area contributed by atoms with Gasteiger partial charge < -0.3 is 4.90 Å². The van der Waals surface area contributed by atoms with Gasteiger partial charge in [0.1, 0.15) is 6.04 Å². The average molecular weight is 335 g/mol. The fraction of sp³-hybridized carbons (Fsp3) is 0.263. The molecular formula is C19H17N3O3. The van der Waals surface area contributed by atoms with Gasteiger partial charge in [-0.15, -0.1) is 0 Å². The number of amides is 3. The quantitative estimate of drug-likeness (QED) is 0.849. The molecule has 1 N–H and O–H groups in total. The maximum atomic E-state index is 12.8. The summed E-state index contributed by atoms with van der Waals surface area (Å²) in [6, 6.07) is 8.99. The van der Waals surface area contributed by atoms with Gasteiger partial charge in [-0.3, -0.25) is 24.7 Å². The molecule has 3 heterocycles. The molecule has 0 bridgehead atoms. The molecule has 0 saturated carbocycles. The lowest BCUT2D eigenvalue weighted by Crippen LogP contribution is -2.52. The van der Waals surface area contributed by atoms with Crippen molar-refractivity contribution in [2.75, 3.05) is 0 Å².